The molecule has 1 heterocycles. The average Bonchev–Trinajstić information content (AvgIpc) is 3.35. The zero-order valence-electron chi connectivity index (χ0n) is 29.9. The van der Waals surface area contributed by atoms with Crippen LogP contribution in [0.3, 0.4) is 0 Å². The van der Waals surface area contributed by atoms with Crippen LogP contribution in [0.4, 0.5) is 0 Å². The summed E-state index contributed by atoms with van der Waals surface area (Å²) in [5.41, 5.74) is 2.60. The molecule has 0 amide bonds. The van der Waals surface area contributed by atoms with Crippen LogP contribution in [-0.2, 0) is 0 Å². The molecule has 0 bridgehead atoms. The van der Waals surface area contributed by atoms with E-state index in [2.05, 4.69) is 139 Å². The quantitative estimate of drug-likeness (QED) is 0.0870. The molecule has 3 heteroatoms. The van der Waals surface area contributed by atoms with E-state index < -0.39 is 8.07 Å². The molecule has 4 aromatic carbocycles. The van der Waals surface area contributed by atoms with Crippen molar-refractivity contribution in [3.63, 3.8) is 0 Å². The molecule has 0 spiro atoms. The SMILES string of the molecule is C.CC(C)CCCC(C)CCOc1ccc2c(c1)-c1cc(OCCC(C)CCCC(C)C)ccc1[Si]2(c1ccccc1)c1ccccc1. The summed E-state index contributed by atoms with van der Waals surface area (Å²) < 4.78 is 13.0. The van der Waals surface area contributed by atoms with Gasteiger partial charge in [-0.15, -0.1) is 0 Å². The highest BCUT2D eigenvalue weighted by atomic mass is 28.3. The zero-order valence-corrected chi connectivity index (χ0v) is 30.9. The normalized spacial score (nSPS) is 14.2. The molecule has 2 atom stereocenters. The Hall–Kier alpha value is -3.30. The minimum Gasteiger partial charge on any atom is -0.494 e. The second kappa shape index (κ2) is 17.9. The average molecular weight is 663 g/mol. The Morgan fingerprint density at radius 3 is 1.25 bits per heavy atom. The van der Waals surface area contributed by atoms with Crippen molar-refractivity contribution < 1.29 is 9.47 Å². The van der Waals surface area contributed by atoms with Gasteiger partial charge in [0.05, 0.1) is 13.2 Å². The highest BCUT2D eigenvalue weighted by Gasteiger charge is 2.48. The van der Waals surface area contributed by atoms with Gasteiger partial charge in [-0.25, -0.2) is 0 Å². The van der Waals surface area contributed by atoms with E-state index in [1.54, 1.807) is 0 Å². The highest BCUT2D eigenvalue weighted by Crippen LogP contribution is 2.34. The maximum Gasteiger partial charge on any atom is 0.180 e. The van der Waals surface area contributed by atoms with Crippen LogP contribution in [0, 0.1) is 23.7 Å². The number of benzene rings is 4. The van der Waals surface area contributed by atoms with Crippen LogP contribution >= 0.6 is 0 Å². The predicted octanol–water partition coefficient (Wildman–Crippen LogP) is 10.1. The van der Waals surface area contributed by atoms with Crippen LogP contribution < -0.4 is 30.2 Å². The summed E-state index contributed by atoms with van der Waals surface area (Å²) in [6.45, 7) is 15.5. The van der Waals surface area contributed by atoms with Gasteiger partial charge in [-0.2, -0.15) is 0 Å². The summed E-state index contributed by atoms with van der Waals surface area (Å²) in [5, 5.41) is 5.71. The van der Waals surface area contributed by atoms with E-state index in [1.165, 1.54) is 70.4 Å². The maximum atomic E-state index is 6.48. The minimum absolute atomic E-state index is 0. The van der Waals surface area contributed by atoms with Gasteiger partial charge in [-0.1, -0.05) is 160 Å². The van der Waals surface area contributed by atoms with Crippen LogP contribution in [0.25, 0.3) is 11.1 Å². The summed E-state index contributed by atoms with van der Waals surface area (Å²) in [7, 11) is -2.53. The zero-order chi connectivity index (χ0) is 33.2. The second-order valence-electron chi connectivity index (χ2n) is 15.0. The molecular weight excluding hydrogens is 601 g/mol. The van der Waals surface area contributed by atoms with E-state index in [9.17, 15) is 0 Å². The Kier molecular flexibility index (Phi) is 14.0. The Balaban J connectivity index is 0.00000520. The van der Waals surface area contributed by atoms with Crippen LogP contribution in [0.15, 0.2) is 97.1 Å². The van der Waals surface area contributed by atoms with Gasteiger partial charge in [0.2, 0.25) is 0 Å². The molecule has 0 aromatic heterocycles. The van der Waals surface area contributed by atoms with Gasteiger partial charge < -0.3 is 9.47 Å². The number of fused-ring (bicyclic) bond motifs is 3. The van der Waals surface area contributed by atoms with E-state index >= 15 is 0 Å². The van der Waals surface area contributed by atoms with E-state index in [-0.39, 0.29) is 7.43 Å². The largest absolute Gasteiger partial charge is 0.494 e. The highest BCUT2D eigenvalue weighted by molar-refractivity contribution is 7.22. The minimum atomic E-state index is -2.53. The monoisotopic (exact) mass is 662 g/mol. The Morgan fingerprint density at radius 2 is 0.875 bits per heavy atom. The summed E-state index contributed by atoms with van der Waals surface area (Å²) in [4.78, 5) is 0. The molecule has 4 aromatic rings. The second-order valence-corrected chi connectivity index (χ2v) is 18.8. The fourth-order valence-electron chi connectivity index (χ4n) is 7.43. The predicted molar refractivity (Wildman–Crippen MR) is 212 cm³/mol. The van der Waals surface area contributed by atoms with E-state index in [0.717, 1.165) is 49.4 Å². The van der Waals surface area contributed by atoms with E-state index in [1.807, 2.05) is 0 Å². The summed E-state index contributed by atoms with van der Waals surface area (Å²) in [6.07, 6.45) is 9.98. The third-order valence-corrected chi connectivity index (χ3v) is 15.1. The fraction of sp³-hybridized carbons (Fsp3) is 0.467. The molecule has 2 unspecified atom stereocenters. The number of hydrogen-bond acceptors (Lipinski definition) is 2. The van der Waals surface area contributed by atoms with Crippen LogP contribution in [0.1, 0.15) is 100 Å². The van der Waals surface area contributed by atoms with E-state index in [0.29, 0.717) is 11.8 Å². The Bertz CT molecular complexity index is 1410. The molecule has 0 fully saturated rings. The first-order valence-corrected chi connectivity index (χ1v) is 20.4. The van der Waals surface area contributed by atoms with Crippen molar-refractivity contribution in [2.45, 2.75) is 100 Å². The molecule has 2 nitrogen and oxygen atoms in total. The van der Waals surface area contributed by atoms with Crippen LogP contribution in [-0.4, -0.2) is 21.3 Å². The van der Waals surface area contributed by atoms with Crippen molar-refractivity contribution >= 4 is 28.8 Å². The number of rotatable bonds is 18. The summed E-state index contributed by atoms with van der Waals surface area (Å²) >= 11 is 0. The molecule has 1 aliphatic heterocycles. The molecule has 5 rings (SSSR count). The molecule has 0 saturated carbocycles. The number of hydrogen-bond donors (Lipinski definition) is 0. The van der Waals surface area contributed by atoms with Gasteiger partial charge in [-0.05, 0) is 92.7 Å². The molecule has 48 heavy (non-hydrogen) atoms. The van der Waals surface area contributed by atoms with Gasteiger partial charge in [-0.3, -0.25) is 0 Å². The van der Waals surface area contributed by atoms with Gasteiger partial charge in [0, 0.05) is 0 Å². The first-order chi connectivity index (χ1) is 22.8. The van der Waals surface area contributed by atoms with Crippen molar-refractivity contribution in [1.29, 1.82) is 0 Å². The van der Waals surface area contributed by atoms with Crippen LogP contribution in [0.2, 0.25) is 0 Å². The van der Waals surface area contributed by atoms with Gasteiger partial charge in [0.1, 0.15) is 11.5 Å². The molecule has 0 N–H and O–H groups in total. The van der Waals surface area contributed by atoms with Crippen molar-refractivity contribution in [1.82, 2.24) is 0 Å². The Labute approximate surface area is 294 Å². The van der Waals surface area contributed by atoms with Gasteiger partial charge in [0.15, 0.2) is 8.07 Å². The lowest BCUT2D eigenvalue weighted by Crippen LogP contribution is -2.72. The first kappa shape index (κ1) is 37.5. The molecule has 0 aliphatic carbocycles. The van der Waals surface area contributed by atoms with Gasteiger partial charge in [0.25, 0.3) is 0 Å². The Morgan fingerprint density at radius 1 is 0.479 bits per heavy atom. The lowest BCUT2D eigenvalue weighted by Gasteiger charge is -2.31. The number of ether oxygens (including phenoxy) is 2. The first-order valence-electron chi connectivity index (χ1n) is 18.4. The molecule has 0 saturated heterocycles. The summed E-state index contributed by atoms with van der Waals surface area (Å²) in [6, 6.07) is 36.3. The molecule has 1 aliphatic rings. The van der Waals surface area contributed by atoms with Crippen molar-refractivity contribution in [3.05, 3.63) is 97.1 Å². The van der Waals surface area contributed by atoms with Crippen LogP contribution in [0.5, 0.6) is 11.5 Å². The third-order valence-electron chi connectivity index (χ3n) is 10.2. The molecular formula is C45H62O2Si. The maximum absolute atomic E-state index is 6.48. The topological polar surface area (TPSA) is 18.5 Å². The molecule has 0 radical (unpaired) electrons. The molecule has 258 valence electrons. The van der Waals surface area contributed by atoms with Crippen molar-refractivity contribution in [2.75, 3.05) is 13.2 Å². The smallest absolute Gasteiger partial charge is 0.180 e. The van der Waals surface area contributed by atoms with Crippen molar-refractivity contribution in [2.24, 2.45) is 23.7 Å². The third kappa shape index (κ3) is 9.02. The fourth-order valence-corrected chi connectivity index (χ4v) is 12.6. The van der Waals surface area contributed by atoms with Gasteiger partial charge >= 0.3 is 0 Å². The summed E-state index contributed by atoms with van der Waals surface area (Å²) in [5.74, 6) is 4.86. The standard InChI is InChI=1S/C44H58O2Si.CH4/c1-33(2)15-13-17-35(5)27-29-45-37-23-25-43-41(31-37)42-32-38(46-30-28-36(6)18-14-16-34(3)4)24-26-44(42)47(43,39-19-9-7-10-20-39)40-21-11-8-12-22-40;/h7-12,19-26,31-36H,13-18,27-30H2,1-6H3;1H4. The van der Waals surface area contributed by atoms with Crippen molar-refractivity contribution in [3.8, 4) is 22.6 Å². The van der Waals surface area contributed by atoms with E-state index in [4.69, 9.17) is 9.47 Å². The lowest BCUT2D eigenvalue weighted by atomic mass is 9.98. The lowest BCUT2D eigenvalue weighted by molar-refractivity contribution is 0.275.